The van der Waals surface area contributed by atoms with Gasteiger partial charge in [0, 0.05) is 28.4 Å². The molecular formula is C17H21FN2S. The van der Waals surface area contributed by atoms with Crippen LogP contribution in [0.3, 0.4) is 0 Å². The van der Waals surface area contributed by atoms with Gasteiger partial charge in [-0.3, -0.25) is 0 Å². The zero-order valence-corrected chi connectivity index (χ0v) is 13.6. The minimum Gasteiger partial charge on any atom is -0.307 e. The molecule has 21 heavy (non-hydrogen) atoms. The van der Waals surface area contributed by atoms with E-state index in [0.29, 0.717) is 5.92 Å². The highest BCUT2D eigenvalue weighted by molar-refractivity contribution is 7.15. The van der Waals surface area contributed by atoms with Gasteiger partial charge in [0.25, 0.3) is 0 Å². The van der Waals surface area contributed by atoms with Crippen molar-refractivity contribution in [3.05, 3.63) is 40.7 Å². The summed E-state index contributed by atoms with van der Waals surface area (Å²) in [6, 6.07) is 6.62. The first-order valence-corrected chi connectivity index (χ1v) is 8.24. The van der Waals surface area contributed by atoms with Crippen LogP contribution >= 0.6 is 11.3 Å². The number of halogens is 1. The van der Waals surface area contributed by atoms with Crippen LogP contribution < -0.4 is 5.32 Å². The Hall–Kier alpha value is -1.26. The summed E-state index contributed by atoms with van der Waals surface area (Å²) < 4.78 is 13.1. The van der Waals surface area contributed by atoms with E-state index in [2.05, 4.69) is 26.1 Å². The van der Waals surface area contributed by atoms with E-state index in [9.17, 15) is 4.39 Å². The molecule has 1 saturated carbocycles. The number of thiazole rings is 1. The fourth-order valence-electron chi connectivity index (χ4n) is 2.23. The number of benzene rings is 1. The van der Waals surface area contributed by atoms with E-state index in [1.165, 1.54) is 35.5 Å². The average Bonchev–Trinajstić information content (AvgIpc) is 3.17. The Balaban J connectivity index is 1.87. The fourth-order valence-corrected chi connectivity index (χ4v) is 3.32. The highest BCUT2D eigenvalue weighted by atomic mass is 32.1. The maximum atomic E-state index is 13.1. The molecule has 3 rings (SSSR count). The lowest BCUT2D eigenvalue weighted by atomic mass is 10.1. The van der Waals surface area contributed by atoms with Gasteiger partial charge in [-0.1, -0.05) is 0 Å². The molecule has 0 unspecified atom stereocenters. The topological polar surface area (TPSA) is 24.9 Å². The van der Waals surface area contributed by atoms with Gasteiger partial charge in [-0.25, -0.2) is 9.37 Å². The Morgan fingerprint density at radius 2 is 1.90 bits per heavy atom. The average molecular weight is 304 g/mol. The molecule has 0 radical (unpaired) electrons. The van der Waals surface area contributed by atoms with Crippen molar-refractivity contribution in [1.29, 1.82) is 0 Å². The minimum absolute atomic E-state index is 0.0981. The predicted octanol–water partition coefficient (Wildman–Crippen LogP) is 4.71. The van der Waals surface area contributed by atoms with E-state index in [4.69, 9.17) is 4.98 Å². The summed E-state index contributed by atoms with van der Waals surface area (Å²) in [4.78, 5) is 6.15. The second-order valence-electron chi connectivity index (χ2n) is 6.71. The Bertz CT molecular complexity index is 621. The third kappa shape index (κ3) is 3.69. The van der Waals surface area contributed by atoms with Crippen LogP contribution in [-0.4, -0.2) is 10.5 Å². The van der Waals surface area contributed by atoms with E-state index in [1.807, 2.05) is 12.1 Å². The van der Waals surface area contributed by atoms with Crippen molar-refractivity contribution in [1.82, 2.24) is 10.3 Å². The number of hydrogen-bond acceptors (Lipinski definition) is 3. The van der Waals surface area contributed by atoms with Gasteiger partial charge < -0.3 is 5.32 Å². The predicted molar refractivity (Wildman–Crippen MR) is 86.1 cm³/mol. The van der Waals surface area contributed by atoms with E-state index in [0.717, 1.165) is 17.1 Å². The third-order valence-electron chi connectivity index (χ3n) is 3.56. The van der Waals surface area contributed by atoms with Gasteiger partial charge in [-0.15, -0.1) is 11.3 Å². The first kappa shape index (κ1) is 14.7. The molecule has 1 aromatic carbocycles. The highest BCUT2D eigenvalue weighted by Gasteiger charge is 2.30. The van der Waals surface area contributed by atoms with Crippen LogP contribution in [0.1, 0.15) is 50.1 Å². The van der Waals surface area contributed by atoms with Crippen molar-refractivity contribution in [3.8, 4) is 10.6 Å². The van der Waals surface area contributed by atoms with Crippen LogP contribution in [0.4, 0.5) is 4.39 Å². The fraction of sp³-hybridized carbons (Fsp3) is 0.471. The van der Waals surface area contributed by atoms with Crippen molar-refractivity contribution in [2.75, 3.05) is 0 Å². The van der Waals surface area contributed by atoms with Gasteiger partial charge >= 0.3 is 0 Å². The molecule has 1 aliphatic rings. The van der Waals surface area contributed by atoms with Gasteiger partial charge in [0.2, 0.25) is 0 Å². The van der Waals surface area contributed by atoms with E-state index in [-0.39, 0.29) is 11.4 Å². The van der Waals surface area contributed by atoms with Gasteiger partial charge in [-0.2, -0.15) is 0 Å². The van der Waals surface area contributed by atoms with Crippen molar-refractivity contribution in [3.63, 3.8) is 0 Å². The van der Waals surface area contributed by atoms with Crippen LogP contribution in [0.25, 0.3) is 10.6 Å². The molecule has 0 atom stereocenters. The van der Waals surface area contributed by atoms with Gasteiger partial charge in [0.1, 0.15) is 10.8 Å². The molecule has 1 N–H and O–H groups in total. The summed E-state index contributed by atoms with van der Waals surface area (Å²) in [5, 5.41) is 4.55. The number of aromatic nitrogens is 1. The Kier molecular flexibility index (Phi) is 3.84. The number of nitrogens with one attached hydrogen (secondary N) is 1. The van der Waals surface area contributed by atoms with Crippen LogP contribution in [0.5, 0.6) is 0 Å². The molecule has 1 aromatic heterocycles. The molecular weight excluding hydrogens is 283 g/mol. The first-order valence-electron chi connectivity index (χ1n) is 7.43. The molecule has 1 fully saturated rings. The molecule has 0 aliphatic heterocycles. The lowest BCUT2D eigenvalue weighted by Gasteiger charge is -2.20. The van der Waals surface area contributed by atoms with Crippen LogP contribution in [-0.2, 0) is 6.54 Å². The maximum Gasteiger partial charge on any atom is 0.123 e. The number of rotatable bonds is 4. The smallest absolute Gasteiger partial charge is 0.123 e. The Morgan fingerprint density at radius 1 is 1.24 bits per heavy atom. The molecule has 2 aromatic rings. The summed E-state index contributed by atoms with van der Waals surface area (Å²) in [5.41, 5.74) is 2.35. The van der Waals surface area contributed by atoms with Crippen molar-refractivity contribution >= 4 is 11.3 Å². The largest absolute Gasteiger partial charge is 0.307 e. The van der Waals surface area contributed by atoms with Crippen LogP contribution in [0.2, 0.25) is 0 Å². The molecule has 0 spiro atoms. The molecule has 0 bridgehead atoms. The van der Waals surface area contributed by atoms with Gasteiger partial charge in [0.15, 0.2) is 0 Å². The first-order chi connectivity index (χ1) is 9.92. The molecule has 0 saturated heterocycles. The standard InChI is InChI=1S/C17H21FN2S/c1-17(2,3)19-10-14-15(11-4-5-11)20-16(21-14)12-6-8-13(18)9-7-12/h6-9,11,19H,4-5,10H2,1-3H3. The van der Waals surface area contributed by atoms with Crippen LogP contribution in [0, 0.1) is 5.82 Å². The maximum absolute atomic E-state index is 13.1. The normalized spacial score (nSPS) is 15.4. The minimum atomic E-state index is -0.202. The van der Waals surface area contributed by atoms with Gasteiger partial charge in [-0.05, 0) is 57.9 Å². The van der Waals surface area contributed by atoms with Gasteiger partial charge in [0.05, 0.1) is 5.69 Å². The molecule has 0 amide bonds. The monoisotopic (exact) mass is 304 g/mol. The molecule has 1 aliphatic carbocycles. The van der Waals surface area contributed by atoms with Crippen molar-refractivity contribution in [2.24, 2.45) is 0 Å². The van der Waals surface area contributed by atoms with E-state index >= 15 is 0 Å². The number of nitrogens with zero attached hydrogens (tertiary/aromatic N) is 1. The lowest BCUT2D eigenvalue weighted by molar-refractivity contribution is 0.425. The summed E-state index contributed by atoms with van der Waals surface area (Å²) in [6.45, 7) is 7.37. The second kappa shape index (κ2) is 5.50. The molecule has 1 heterocycles. The number of hydrogen-bond donors (Lipinski definition) is 1. The summed E-state index contributed by atoms with van der Waals surface area (Å²) in [7, 11) is 0. The lowest BCUT2D eigenvalue weighted by Crippen LogP contribution is -2.35. The van der Waals surface area contributed by atoms with E-state index < -0.39 is 0 Å². The van der Waals surface area contributed by atoms with Crippen LogP contribution in [0.15, 0.2) is 24.3 Å². The molecule has 4 heteroatoms. The SMILES string of the molecule is CC(C)(C)NCc1sc(-c2ccc(F)cc2)nc1C1CC1. The molecule has 2 nitrogen and oxygen atoms in total. The van der Waals surface area contributed by atoms with Crippen molar-refractivity contribution in [2.45, 2.75) is 51.6 Å². The third-order valence-corrected chi connectivity index (χ3v) is 4.68. The Labute approximate surface area is 129 Å². The summed E-state index contributed by atoms with van der Waals surface area (Å²) in [6.07, 6.45) is 2.49. The summed E-state index contributed by atoms with van der Waals surface area (Å²) in [5.74, 6) is 0.430. The zero-order chi connectivity index (χ0) is 15.0. The molecule has 112 valence electrons. The Morgan fingerprint density at radius 3 is 2.48 bits per heavy atom. The summed E-state index contributed by atoms with van der Waals surface area (Å²) >= 11 is 1.73. The van der Waals surface area contributed by atoms with Crippen molar-refractivity contribution < 1.29 is 4.39 Å². The quantitative estimate of drug-likeness (QED) is 0.884. The van der Waals surface area contributed by atoms with E-state index in [1.54, 1.807) is 11.3 Å². The second-order valence-corrected chi connectivity index (χ2v) is 7.80. The zero-order valence-electron chi connectivity index (χ0n) is 12.7. The highest BCUT2D eigenvalue weighted by Crippen LogP contribution is 2.44.